The van der Waals surface area contributed by atoms with Gasteiger partial charge < -0.3 is 5.21 Å². The predicted molar refractivity (Wildman–Crippen MR) is 61.4 cm³/mol. The largest absolute Gasteiger partial charge is 0.410 e. The van der Waals surface area contributed by atoms with Crippen LogP contribution in [0.2, 0.25) is 0 Å². The van der Waals surface area contributed by atoms with E-state index in [1.165, 1.54) is 0 Å². The average molecular weight is 214 g/mol. The SMILES string of the molecule is CC.Cc1cccc(/C(Cl)=N\O)c1C. The molecular formula is C11H16ClNO. The standard InChI is InChI=1S/C9H10ClNO.C2H6/c1-6-4-3-5-8(7(6)2)9(10)11-12;1-2/h3-5,12H,1-2H3;1-2H3/b11-9+;. The molecular weight excluding hydrogens is 198 g/mol. The molecule has 1 aromatic rings. The number of halogens is 1. The maximum atomic E-state index is 8.46. The fraction of sp³-hybridized carbons (Fsp3) is 0.364. The molecule has 1 aromatic carbocycles. The molecule has 0 aliphatic carbocycles. The predicted octanol–water partition coefficient (Wildman–Crippen LogP) is 3.70. The van der Waals surface area contributed by atoms with Gasteiger partial charge >= 0.3 is 0 Å². The van der Waals surface area contributed by atoms with Crippen LogP contribution in [-0.2, 0) is 0 Å². The van der Waals surface area contributed by atoms with E-state index in [1.807, 2.05) is 45.9 Å². The van der Waals surface area contributed by atoms with Crippen molar-refractivity contribution in [3.05, 3.63) is 34.9 Å². The number of hydrogen-bond donors (Lipinski definition) is 1. The van der Waals surface area contributed by atoms with Crippen molar-refractivity contribution in [2.24, 2.45) is 5.16 Å². The zero-order valence-electron chi connectivity index (χ0n) is 9.00. The Hall–Kier alpha value is -1.02. The van der Waals surface area contributed by atoms with Gasteiger partial charge in [-0.05, 0) is 25.0 Å². The molecule has 0 unspecified atom stereocenters. The molecule has 0 radical (unpaired) electrons. The van der Waals surface area contributed by atoms with Gasteiger partial charge in [-0.3, -0.25) is 0 Å². The van der Waals surface area contributed by atoms with E-state index in [-0.39, 0.29) is 5.17 Å². The third kappa shape index (κ3) is 3.04. The van der Waals surface area contributed by atoms with E-state index >= 15 is 0 Å². The van der Waals surface area contributed by atoms with Crippen LogP contribution in [0, 0.1) is 13.8 Å². The van der Waals surface area contributed by atoms with E-state index < -0.39 is 0 Å². The lowest BCUT2D eigenvalue weighted by atomic mass is 10.0. The molecule has 14 heavy (non-hydrogen) atoms. The Morgan fingerprint density at radius 3 is 2.36 bits per heavy atom. The molecule has 0 aromatic heterocycles. The maximum Gasteiger partial charge on any atom is 0.175 e. The van der Waals surface area contributed by atoms with Crippen molar-refractivity contribution in [1.29, 1.82) is 0 Å². The summed E-state index contributed by atoms with van der Waals surface area (Å²) in [7, 11) is 0. The van der Waals surface area contributed by atoms with Crippen LogP contribution >= 0.6 is 11.6 Å². The molecule has 0 atom stereocenters. The van der Waals surface area contributed by atoms with Crippen LogP contribution in [0.25, 0.3) is 0 Å². The Kier molecular flexibility index (Phi) is 5.97. The van der Waals surface area contributed by atoms with Crippen LogP contribution in [0.4, 0.5) is 0 Å². The third-order valence-electron chi connectivity index (χ3n) is 1.91. The molecule has 0 heterocycles. The van der Waals surface area contributed by atoms with Crippen molar-refractivity contribution in [1.82, 2.24) is 0 Å². The number of rotatable bonds is 1. The van der Waals surface area contributed by atoms with Crippen LogP contribution in [0.15, 0.2) is 23.4 Å². The van der Waals surface area contributed by atoms with E-state index in [1.54, 1.807) is 0 Å². The first-order valence-corrected chi connectivity index (χ1v) is 4.98. The van der Waals surface area contributed by atoms with Crippen molar-refractivity contribution in [2.45, 2.75) is 27.7 Å². The molecule has 2 nitrogen and oxygen atoms in total. The van der Waals surface area contributed by atoms with E-state index in [0.29, 0.717) is 0 Å². The van der Waals surface area contributed by atoms with Crippen LogP contribution in [-0.4, -0.2) is 10.4 Å². The van der Waals surface area contributed by atoms with E-state index in [0.717, 1.165) is 16.7 Å². The summed E-state index contributed by atoms with van der Waals surface area (Å²) in [5.41, 5.74) is 2.95. The van der Waals surface area contributed by atoms with Gasteiger partial charge in [0.15, 0.2) is 5.17 Å². The Morgan fingerprint density at radius 2 is 1.86 bits per heavy atom. The monoisotopic (exact) mass is 213 g/mol. The highest BCUT2D eigenvalue weighted by atomic mass is 35.5. The highest BCUT2D eigenvalue weighted by Crippen LogP contribution is 2.15. The molecule has 3 heteroatoms. The Morgan fingerprint density at radius 1 is 1.29 bits per heavy atom. The number of oxime groups is 1. The first-order valence-electron chi connectivity index (χ1n) is 4.61. The first-order chi connectivity index (χ1) is 6.66. The topological polar surface area (TPSA) is 32.6 Å². The van der Waals surface area contributed by atoms with Crippen LogP contribution in [0.5, 0.6) is 0 Å². The molecule has 1 rings (SSSR count). The molecule has 0 saturated heterocycles. The summed E-state index contributed by atoms with van der Waals surface area (Å²) >= 11 is 5.67. The highest BCUT2D eigenvalue weighted by Gasteiger charge is 2.04. The fourth-order valence-corrected chi connectivity index (χ4v) is 1.23. The normalized spacial score (nSPS) is 10.5. The second kappa shape index (κ2) is 6.44. The second-order valence-electron chi connectivity index (χ2n) is 2.64. The number of benzene rings is 1. The van der Waals surface area contributed by atoms with Crippen LogP contribution < -0.4 is 0 Å². The quantitative estimate of drug-likeness (QED) is 0.431. The molecule has 0 fully saturated rings. The first kappa shape index (κ1) is 13.0. The summed E-state index contributed by atoms with van der Waals surface area (Å²) in [5, 5.41) is 11.5. The van der Waals surface area contributed by atoms with E-state index in [9.17, 15) is 0 Å². The van der Waals surface area contributed by atoms with Gasteiger partial charge in [-0.2, -0.15) is 0 Å². The van der Waals surface area contributed by atoms with Gasteiger partial charge in [-0.25, -0.2) is 0 Å². The second-order valence-corrected chi connectivity index (χ2v) is 3.00. The van der Waals surface area contributed by atoms with E-state index in [4.69, 9.17) is 16.8 Å². The zero-order chi connectivity index (χ0) is 11.1. The number of hydrogen-bond acceptors (Lipinski definition) is 2. The number of aryl methyl sites for hydroxylation is 1. The molecule has 0 bridgehead atoms. The lowest BCUT2D eigenvalue weighted by molar-refractivity contribution is 0.321. The van der Waals surface area contributed by atoms with Gasteiger partial charge in [-0.15, -0.1) is 0 Å². The van der Waals surface area contributed by atoms with Gasteiger partial charge in [0.05, 0.1) is 0 Å². The summed E-state index contributed by atoms with van der Waals surface area (Å²) in [5.74, 6) is 0. The molecule has 0 spiro atoms. The van der Waals surface area contributed by atoms with Crippen molar-refractivity contribution in [3.8, 4) is 0 Å². The lowest BCUT2D eigenvalue weighted by Crippen LogP contribution is -1.96. The fourth-order valence-electron chi connectivity index (χ4n) is 1.03. The summed E-state index contributed by atoms with van der Waals surface area (Å²) in [6.45, 7) is 7.93. The Labute approximate surface area is 90.2 Å². The van der Waals surface area contributed by atoms with Crippen LogP contribution in [0.1, 0.15) is 30.5 Å². The number of nitrogens with zero attached hydrogens (tertiary/aromatic N) is 1. The van der Waals surface area contributed by atoms with Crippen LogP contribution in [0.3, 0.4) is 0 Å². The molecule has 0 aliphatic heterocycles. The molecule has 78 valence electrons. The van der Waals surface area contributed by atoms with E-state index in [2.05, 4.69) is 5.16 Å². The maximum absolute atomic E-state index is 8.46. The lowest BCUT2D eigenvalue weighted by Gasteiger charge is -2.04. The average Bonchev–Trinajstić information content (AvgIpc) is 2.24. The van der Waals surface area contributed by atoms with Gasteiger partial charge in [0.25, 0.3) is 0 Å². The van der Waals surface area contributed by atoms with Crippen molar-refractivity contribution >= 4 is 16.8 Å². The highest BCUT2D eigenvalue weighted by molar-refractivity contribution is 6.69. The van der Waals surface area contributed by atoms with Crippen molar-refractivity contribution < 1.29 is 5.21 Å². The Bertz CT molecular complexity index is 321. The summed E-state index contributed by atoms with van der Waals surface area (Å²) in [6.07, 6.45) is 0. The van der Waals surface area contributed by atoms with Gasteiger partial charge in [-0.1, -0.05) is 48.8 Å². The molecule has 0 aliphatic rings. The minimum Gasteiger partial charge on any atom is -0.410 e. The smallest absolute Gasteiger partial charge is 0.175 e. The zero-order valence-corrected chi connectivity index (χ0v) is 9.76. The summed E-state index contributed by atoms with van der Waals surface area (Å²) in [6, 6.07) is 5.69. The minimum atomic E-state index is 0.135. The molecule has 1 N–H and O–H groups in total. The summed E-state index contributed by atoms with van der Waals surface area (Å²) in [4.78, 5) is 0. The molecule has 0 amide bonds. The van der Waals surface area contributed by atoms with Gasteiger partial charge in [0, 0.05) is 5.56 Å². The van der Waals surface area contributed by atoms with Crippen molar-refractivity contribution in [3.63, 3.8) is 0 Å². The molecule has 0 saturated carbocycles. The van der Waals surface area contributed by atoms with Gasteiger partial charge in [0.1, 0.15) is 0 Å². The van der Waals surface area contributed by atoms with Crippen molar-refractivity contribution in [2.75, 3.05) is 0 Å². The van der Waals surface area contributed by atoms with Gasteiger partial charge in [0.2, 0.25) is 0 Å². The minimum absolute atomic E-state index is 0.135. The Balaban J connectivity index is 0.000000791. The third-order valence-corrected chi connectivity index (χ3v) is 2.19. The summed E-state index contributed by atoms with van der Waals surface area (Å²) < 4.78 is 0.